The molecule has 0 bridgehead atoms. The van der Waals surface area contributed by atoms with E-state index in [-0.39, 0.29) is 12.2 Å². The molecule has 0 aromatic heterocycles. The molecule has 0 spiro atoms. The molecule has 1 aromatic carbocycles. The van der Waals surface area contributed by atoms with Gasteiger partial charge in [0.05, 0.1) is 11.8 Å². The van der Waals surface area contributed by atoms with Crippen molar-refractivity contribution in [3.63, 3.8) is 0 Å². The largest absolute Gasteiger partial charge is 0.398 e. The van der Waals surface area contributed by atoms with Crippen molar-refractivity contribution in [2.75, 3.05) is 20.3 Å². The summed E-state index contributed by atoms with van der Waals surface area (Å²) in [5.74, 6) is 5.84. The zero-order valence-corrected chi connectivity index (χ0v) is 16.8. The van der Waals surface area contributed by atoms with Crippen LogP contribution in [0, 0.1) is 18.8 Å². The van der Waals surface area contributed by atoms with E-state index >= 15 is 0 Å². The smallest absolute Gasteiger partial charge is 0.123 e. The van der Waals surface area contributed by atoms with E-state index in [2.05, 4.69) is 17.2 Å². The van der Waals surface area contributed by atoms with Gasteiger partial charge in [-0.2, -0.15) is 0 Å². The Morgan fingerprint density at radius 1 is 1.48 bits per heavy atom. The maximum atomic E-state index is 9.81. The van der Waals surface area contributed by atoms with Gasteiger partial charge in [0.1, 0.15) is 11.7 Å². The van der Waals surface area contributed by atoms with Crippen molar-refractivity contribution in [1.82, 2.24) is 5.32 Å². The summed E-state index contributed by atoms with van der Waals surface area (Å²) < 4.78 is 11.4. The molecule has 1 heterocycles. The Morgan fingerprint density at radius 2 is 2.26 bits per heavy atom. The molecule has 2 rings (SSSR count). The second kappa shape index (κ2) is 9.80. The van der Waals surface area contributed by atoms with Gasteiger partial charge in [0.25, 0.3) is 0 Å². The minimum Gasteiger partial charge on any atom is -0.398 e. The minimum atomic E-state index is -1.03. The number of ether oxygens (including phenoxy) is 2. The fourth-order valence-corrected chi connectivity index (χ4v) is 3.02. The van der Waals surface area contributed by atoms with Gasteiger partial charge in [0.2, 0.25) is 0 Å². The number of rotatable bonds is 6. The maximum Gasteiger partial charge on any atom is 0.123 e. The first-order valence-electron chi connectivity index (χ1n) is 9.49. The first-order valence-corrected chi connectivity index (χ1v) is 9.49. The van der Waals surface area contributed by atoms with Crippen molar-refractivity contribution in [3.05, 3.63) is 46.8 Å². The number of aryl methyl sites for hydroxylation is 1. The third kappa shape index (κ3) is 6.91. The highest BCUT2D eigenvalue weighted by Gasteiger charge is 2.17. The number of methoxy groups -OCH3 is 1. The molecule has 148 valence electrons. The Hall–Kier alpha value is -2.00. The van der Waals surface area contributed by atoms with Gasteiger partial charge in [-0.3, -0.25) is 0 Å². The van der Waals surface area contributed by atoms with Crippen LogP contribution in [0.1, 0.15) is 55.9 Å². The van der Waals surface area contributed by atoms with Crippen LogP contribution in [0.3, 0.4) is 0 Å². The van der Waals surface area contributed by atoms with Gasteiger partial charge in [0, 0.05) is 32.0 Å². The summed E-state index contributed by atoms with van der Waals surface area (Å²) in [5.41, 5.74) is 8.71. The van der Waals surface area contributed by atoms with Crippen LogP contribution in [-0.4, -0.2) is 37.1 Å². The van der Waals surface area contributed by atoms with Crippen LogP contribution in [0.5, 0.6) is 0 Å². The van der Waals surface area contributed by atoms with E-state index in [1.54, 1.807) is 27.2 Å². The van der Waals surface area contributed by atoms with E-state index in [0.717, 1.165) is 42.7 Å². The lowest BCUT2D eigenvalue weighted by Crippen LogP contribution is -2.30. The van der Waals surface area contributed by atoms with Gasteiger partial charge in [-0.15, -0.1) is 0 Å². The summed E-state index contributed by atoms with van der Waals surface area (Å²) in [5, 5.41) is 13.1. The van der Waals surface area contributed by atoms with Crippen LogP contribution < -0.4 is 11.1 Å². The first-order chi connectivity index (χ1) is 12.8. The second-order valence-electron chi connectivity index (χ2n) is 7.54. The molecule has 0 radical (unpaired) electrons. The lowest BCUT2D eigenvalue weighted by molar-refractivity contribution is 0.0187. The summed E-state index contributed by atoms with van der Waals surface area (Å²) in [4.78, 5) is 0. The van der Waals surface area contributed by atoms with Gasteiger partial charge in [-0.1, -0.05) is 17.9 Å². The zero-order chi connectivity index (χ0) is 19.9. The number of benzene rings is 1. The molecule has 0 amide bonds. The van der Waals surface area contributed by atoms with E-state index in [9.17, 15) is 5.11 Å². The second-order valence-corrected chi connectivity index (χ2v) is 7.54. The standard InChI is InChI=1S/C22H32N2O3/c1-16-8-9-17(10-11-22(2,3)25)13-19(16)21(26-4)20(23)15-24-14-18-7-5-6-12-27-18/h8-9,13,15,18,21,24-25H,5-7,12,14,23H2,1-4H3/b20-15-. The van der Waals surface area contributed by atoms with Crippen molar-refractivity contribution in [2.45, 2.75) is 57.8 Å². The minimum absolute atomic E-state index is 0.242. The highest BCUT2D eigenvalue weighted by molar-refractivity contribution is 5.44. The van der Waals surface area contributed by atoms with Gasteiger partial charge in [-0.05, 0) is 63.3 Å². The molecule has 1 aromatic rings. The summed E-state index contributed by atoms with van der Waals surface area (Å²) >= 11 is 0. The molecular formula is C22H32N2O3. The molecule has 5 heteroatoms. The van der Waals surface area contributed by atoms with E-state index in [0.29, 0.717) is 5.70 Å². The Labute approximate surface area is 162 Å². The predicted octanol–water partition coefficient (Wildman–Crippen LogP) is 2.76. The molecule has 0 aliphatic carbocycles. The van der Waals surface area contributed by atoms with Crippen molar-refractivity contribution < 1.29 is 14.6 Å². The van der Waals surface area contributed by atoms with Gasteiger partial charge >= 0.3 is 0 Å². The topological polar surface area (TPSA) is 76.7 Å². The Balaban J connectivity index is 2.12. The van der Waals surface area contributed by atoms with Gasteiger partial charge in [0.15, 0.2) is 0 Å². The molecule has 27 heavy (non-hydrogen) atoms. The van der Waals surface area contributed by atoms with E-state index in [1.807, 2.05) is 25.1 Å². The number of hydrogen-bond donors (Lipinski definition) is 3. The third-order valence-corrected chi connectivity index (χ3v) is 4.50. The average Bonchev–Trinajstić information content (AvgIpc) is 2.63. The fraction of sp³-hybridized carbons (Fsp3) is 0.545. The van der Waals surface area contributed by atoms with E-state index < -0.39 is 5.60 Å². The number of nitrogens with two attached hydrogens (primary N) is 1. The lowest BCUT2D eigenvalue weighted by Gasteiger charge is -2.23. The number of hydrogen-bond acceptors (Lipinski definition) is 5. The number of aliphatic hydroxyl groups is 1. The van der Waals surface area contributed by atoms with Gasteiger partial charge < -0.3 is 25.6 Å². The normalized spacial score (nSPS) is 19.1. The maximum absolute atomic E-state index is 9.81. The van der Waals surface area contributed by atoms with Crippen LogP contribution in [0.4, 0.5) is 0 Å². The summed E-state index contributed by atoms with van der Waals surface area (Å²) in [6.07, 6.45) is 5.12. The summed E-state index contributed by atoms with van der Waals surface area (Å²) in [6.45, 7) is 6.92. The van der Waals surface area contributed by atoms with E-state index in [4.69, 9.17) is 15.2 Å². The first kappa shape index (κ1) is 21.3. The van der Waals surface area contributed by atoms with Crippen LogP contribution in [-0.2, 0) is 9.47 Å². The monoisotopic (exact) mass is 372 g/mol. The molecule has 1 aliphatic heterocycles. The molecule has 1 saturated heterocycles. The van der Waals surface area contributed by atoms with Crippen molar-refractivity contribution in [3.8, 4) is 11.8 Å². The Morgan fingerprint density at radius 3 is 2.89 bits per heavy atom. The van der Waals surface area contributed by atoms with E-state index in [1.165, 1.54) is 6.42 Å². The van der Waals surface area contributed by atoms with Crippen molar-refractivity contribution >= 4 is 0 Å². The number of nitrogens with one attached hydrogen (secondary N) is 1. The molecular weight excluding hydrogens is 340 g/mol. The van der Waals surface area contributed by atoms with Crippen LogP contribution in [0.15, 0.2) is 30.1 Å². The third-order valence-electron chi connectivity index (χ3n) is 4.50. The SMILES string of the molecule is COC(/C(N)=C/NCC1CCCCO1)c1cc(C#CC(C)(C)O)ccc1C. The molecule has 4 N–H and O–H groups in total. The molecule has 1 fully saturated rings. The summed E-state index contributed by atoms with van der Waals surface area (Å²) in [7, 11) is 1.64. The summed E-state index contributed by atoms with van der Waals surface area (Å²) in [6, 6.07) is 5.89. The highest BCUT2D eigenvalue weighted by atomic mass is 16.5. The van der Waals surface area contributed by atoms with Crippen molar-refractivity contribution in [2.24, 2.45) is 5.73 Å². The Kier molecular flexibility index (Phi) is 7.73. The molecule has 0 saturated carbocycles. The molecule has 2 unspecified atom stereocenters. The molecule has 2 atom stereocenters. The lowest BCUT2D eigenvalue weighted by atomic mass is 9.98. The average molecular weight is 373 g/mol. The van der Waals surface area contributed by atoms with Crippen molar-refractivity contribution in [1.29, 1.82) is 0 Å². The van der Waals surface area contributed by atoms with Crippen LogP contribution in [0.2, 0.25) is 0 Å². The fourth-order valence-electron chi connectivity index (χ4n) is 3.02. The van der Waals surface area contributed by atoms with Crippen LogP contribution in [0.25, 0.3) is 0 Å². The Bertz CT molecular complexity index is 704. The predicted molar refractivity (Wildman–Crippen MR) is 108 cm³/mol. The quantitative estimate of drug-likeness (QED) is 0.670. The van der Waals surface area contributed by atoms with Gasteiger partial charge in [-0.25, -0.2) is 0 Å². The molecule has 5 nitrogen and oxygen atoms in total. The van der Waals surface area contributed by atoms with Crippen LogP contribution >= 0.6 is 0 Å². The highest BCUT2D eigenvalue weighted by Crippen LogP contribution is 2.26. The zero-order valence-electron chi connectivity index (χ0n) is 16.8. The molecule has 1 aliphatic rings.